The number of nitrogen functional groups attached to an aromatic ring is 1. The van der Waals surface area contributed by atoms with Gasteiger partial charge in [0, 0.05) is 11.4 Å². The van der Waals surface area contributed by atoms with Gasteiger partial charge in [-0.3, -0.25) is 4.79 Å². The van der Waals surface area contributed by atoms with Gasteiger partial charge in [-0.05, 0) is 42.8 Å². The van der Waals surface area contributed by atoms with Crippen molar-refractivity contribution in [1.82, 2.24) is 0 Å². The molecule has 2 rings (SSSR count). The van der Waals surface area contributed by atoms with Gasteiger partial charge in [-0.25, -0.2) is 8.78 Å². The number of aryl methyl sites for hydroxylation is 1. The molecule has 0 unspecified atom stereocenters. The quantitative estimate of drug-likeness (QED) is 0.817. The molecule has 0 aliphatic heterocycles. The van der Waals surface area contributed by atoms with Crippen LogP contribution in [0.25, 0.3) is 0 Å². The van der Waals surface area contributed by atoms with E-state index in [2.05, 4.69) is 5.32 Å². The molecular formula is C14H12F2N2O. The number of anilines is 2. The monoisotopic (exact) mass is 262 g/mol. The number of amides is 1. The van der Waals surface area contributed by atoms with Crippen molar-refractivity contribution in [1.29, 1.82) is 0 Å². The minimum Gasteiger partial charge on any atom is -0.399 e. The minimum atomic E-state index is -1.16. The third-order valence-corrected chi connectivity index (χ3v) is 2.72. The van der Waals surface area contributed by atoms with Crippen molar-refractivity contribution >= 4 is 17.3 Å². The summed E-state index contributed by atoms with van der Waals surface area (Å²) in [7, 11) is 0. The van der Waals surface area contributed by atoms with Crippen LogP contribution in [0.2, 0.25) is 0 Å². The standard InChI is InChI=1S/C14H12F2N2O/c1-8-7-9(5-6-12(8)17)18-14(19)10-3-2-4-11(15)13(10)16/h2-7H,17H2,1H3,(H,18,19). The zero-order valence-corrected chi connectivity index (χ0v) is 10.2. The number of hydrogen-bond donors (Lipinski definition) is 2. The largest absolute Gasteiger partial charge is 0.399 e. The van der Waals surface area contributed by atoms with Crippen LogP contribution in [-0.2, 0) is 0 Å². The van der Waals surface area contributed by atoms with Gasteiger partial charge in [-0.15, -0.1) is 0 Å². The molecule has 2 aromatic rings. The number of nitrogens with one attached hydrogen (secondary N) is 1. The van der Waals surface area contributed by atoms with E-state index in [9.17, 15) is 13.6 Å². The molecule has 3 nitrogen and oxygen atoms in total. The Bertz CT molecular complexity index is 641. The van der Waals surface area contributed by atoms with Crippen LogP contribution in [0.1, 0.15) is 15.9 Å². The van der Waals surface area contributed by atoms with Crippen molar-refractivity contribution in [3.63, 3.8) is 0 Å². The normalized spacial score (nSPS) is 10.3. The molecule has 5 heteroatoms. The molecule has 0 aliphatic carbocycles. The fourth-order valence-electron chi connectivity index (χ4n) is 1.63. The highest BCUT2D eigenvalue weighted by Crippen LogP contribution is 2.18. The molecule has 0 radical (unpaired) electrons. The summed E-state index contributed by atoms with van der Waals surface area (Å²) in [6.45, 7) is 1.79. The molecule has 1 amide bonds. The second kappa shape index (κ2) is 5.06. The van der Waals surface area contributed by atoms with Crippen LogP contribution in [0.3, 0.4) is 0 Å². The van der Waals surface area contributed by atoms with Crippen molar-refractivity contribution in [2.45, 2.75) is 6.92 Å². The summed E-state index contributed by atoms with van der Waals surface area (Å²) >= 11 is 0. The van der Waals surface area contributed by atoms with E-state index < -0.39 is 17.5 Å². The molecular weight excluding hydrogens is 250 g/mol. The van der Waals surface area contributed by atoms with Gasteiger partial charge in [0.1, 0.15) is 0 Å². The summed E-state index contributed by atoms with van der Waals surface area (Å²) in [5, 5.41) is 2.49. The van der Waals surface area contributed by atoms with Crippen LogP contribution in [0.5, 0.6) is 0 Å². The molecule has 98 valence electrons. The first-order valence-electron chi connectivity index (χ1n) is 5.60. The van der Waals surface area contributed by atoms with E-state index in [1.54, 1.807) is 25.1 Å². The van der Waals surface area contributed by atoms with Gasteiger partial charge in [0.2, 0.25) is 0 Å². The van der Waals surface area contributed by atoms with Gasteiger partial charge in [-0.2, -0.15) is 0 Å². The lowest BCUT2D eigenvalue weighted by Gasteiger charge is -2.08. The van der Waals surface area contributed by atoms with Crippen molar-refractivity contribution in [3.05, 3.63) is 59.2 Å². The number of hydrogen-bond acceptors (Lipinski definition) is 2. The number of benzene rings is 2. The molecule has 3 N–H and O–H groups in total. The third-order valence-electron chi connectivity index (χ3n) is 2.72. The van der Waals surface area contributed by atoms with Gasteiger partial charge in [0.15, 0.2) is 11.6 Å². The number of carbonyl (C=O) groups is 1. The predicted molar refractivity (Wildman–Crippen MR) is 69.9 cm³/mol. The molecule has 0 aliphatic rings. The molecule has 0 heterocycles. The van der Waals surface area contributed by atoms with Crippen LogP contribution in [0, 0.1) is 18.6 Å². The average molecular weight is 262 g/mol. The van der Waals surface area contributed by atoms with E-state index in [-0.39, 0.29) is 5.56 Å². The highest BCUT2D eigenvalue weighted by molar-refractivity contribution is 6.04. The van der Waals surface area contributed by atoms with Crippen molar-refractivity contribution in [2.24, 2.45) is 0 Å². The Morgan fingerprint density at radius 2 is 1.95 bits per heavy atom. The molecule has 0 saturated carbocycles. The summed E-state index contributed by atoms with van der Waals surface area (Å²) in [5.41, 5.74) is 7.17. The van der Waals surface area contributed by atoms with Crippen molar-refractivity contribution in [3.8, 4) is 0 Å². The number of nitrogens with two attached hydrogens (primary N) is 1. The molecule has 0 atom stereocenters. The molecule has 0 bridgehead atoms. The minimum absolute atomic E-state index is 0.338. The van der Waals surface area contributed by atoms with Crippen molar-refractivity contribution in [2.75, 3.05) is 11.1 Å². The maximum Gasteiger partial charge on any atom is 0.258 e. The average Bonchev–Trinajstić information content (AvgIpc) is 2.37. The molecule has 19 heavy (non-hydrogen) atoms. The second-order valence-electron chi connectivity index (χ2n) is 4.13. The van der Waals surface area contributed by atoms with Crippen LogP contribution in [-0.4, -0.2) is 5.91 Å². The van der Waals surface area contributed by atoms with Crippen molar-refractivity contribution < 1.29 is 13.6 Å². The summed E-state index contributed by atoms with van der Waals surface area (Å²) in [6, 6.07) is 8.34. The lowest BCUT2D eigenvalue weighted by Crippen LogP contribution is -2.14. The summed E-state index contributed by atoms with van der Waals surface area (Å²) in [6.07, 6.45) is 0. The Morgan fingerprint density at radius 1 is 1.21 bits per heavy atom. The Morgan fingerprint density at radius 3 is 2.63 bits per heavy atom. The first-order valence-corrected chi connectivity index (χ1v) is 5.60. The SMILES string of the molecule is Cc1cc(NC(=O)c2cccc(F)c2F)ccc1N. The first-order chi connectivity index (χ1) is 8.99. The summed E-state index contributed by atoms with van der Waals surface area (Å²) in [5.74, 6) is -2.92. The van der Waals surface area contributed by atoms with E-state index >= 15 is 0 Å². The molecule has 0 fully saturated rings. The van der Waals surface area contributed by atoms with E-state index in [0.29, 0.717) is 11.4 Å². The Labute approximate surface area is 109 Å². The molecule has 2 aromatic carbocycles. The molecule has 0 saturated heterocycles. The smallest absolute Gasteiger partial charge is 0.258 e. The highest BCUT2D eigenvalue weighted by Gasteiger charge is 2.15. The van der Waals surface area contributed by atoms with Crippen LogP contribution >= 0.6 is 0 Å². The fraction of sp³-hybridized carbons (Fsp3) is 0.0714. The van der Waals surface area contributed by atoms with Crippen LogP contribution in [0.4, 0.5) is 20.2 Å². The topological polar surface area (TPSA) is 55.1 Å². The zero-order chi connectivity index (χ0) is 14.0. The van der Waals surface area contributed by atoms with Crippen LogP contribution < -0.4 is 11.1 Å². The van der Waals surface area contributed by atoms with Gasteiger partial charge in [0.05, 0.1) is 5.56 Å². The maximum absolute atomic E-state index is 13.4. The molecule has 0 aromatic heterocycles. The highest BCUT2D eigenvalue weighted by atomic mass is 19.2. The van der Waals surface area contributed by atoms with Gasteiger partial charge >= 0.3 is 0 Å². The summed E-state index contributed by atoms with van der Waals surface area (Å²) < 4.78 is 26.5. The Kier molecular flexibility index (Phi) is 3.46. The third kappa shape index (κ3) is 2.70. The van der Waals surface area contributed by atoms with Crippen LogP contribution in [0.15, 0.2) is 36.4 Å². The fourth-order valence-corrected chi connectivity index (χ4v) is 1.63. The number of carbonyl (C=O) groups excluding carboxylic acids is 1. The van der Waals surface area contributed by atoms with Gasteiger partial charge in [-0.1, -0.05) is 6.07 Å². The Hall–Kier alpha value is -2.43. The summed E-state index contributed by atoms with van der Waals surface area (Å²) in [4.78, 5) is 11.8. The van der Waals surface area contributed by atoms with Gasteiger partial charge in [0.25, 0.3) is 5.91 Å². The second-order valence-corrected chi connectivity index (χ2v) is 4.13. The van der Waals surface area contributed by atoms with E-state index in [1.165, 1.54) is 12.1 Å². The Balaban J connectivity index is 2.26. The predicted octanol–water partition coefficient (Wildman–Crippen LogP) is 3.11. The number of rotatable bonds is 2. The molecule has 0 spiro atoms. The van der Waals surface area contributed by atoms with Gasteiger partial charge < -0.3 is 11.1 Å². The number of halogens is 2. The van der Waals surface area contributed by atoms with E-state index in [4.69, 9.17) is 5.73 Å². The zero-order valence-electron chi connectivity index (χ0n) is 10.2. The van der Waals surface area contributed by atoms with E-state index in [1.807, 2.05) is 0 Å². The lowest BCUT2D eigenvalue weighted by molar-refractivity contribution is 0.102. The lowest BCUT2D eigenvalue weighted by atomic mass is 10.1. The first kappa shape index (κ1) is 13.0. The van der Waals surface area contributed by atoms with E-state index in [0.717, 1.165) is 11.6 Å². The maximum atomic E-state index is 13.4.